The van der Waals surface area contributed by atoms with E-state index in [0.717, 1.165) is 5.57 Å². The van der Waals surface area contributed by atoms with Crippen LogP contribution < -0.4 is 0 Å². The molecule has 5 nitrogen and oxygen atoms in total. The molecule has 0 aromatic rings. The number of hydrogen-bond acceptors (Lipinski definition) is 5. The van der Waals surface area contributed by atoms with Crippen molar-refractivity contribution in [2.24, 2.45) is 0 Å². The fourth-order valence-corrected chi connectivity index (χ4v) is 1.26. The standard InChI is InChI=1S/C12H16O5/c1-5-15-11(14)12(4)6-9(10(13)17-12)16-7-8(2)3/h6H,2,5,7H2,1,3-4H3. The summed E-state index contributed by atoms with van der Waals surface area (Å²) in [6, 6.07) is 0. The third-order valence-corrected chi connectivity index (χ3v) is 2.07. The van der Waals surface area contributed by atoms with Gasteiger partial charge in [0.25, 0.3) is 0 Å². The van der Waals surface area contributed by atoms with Crippen LogP contribution in [0.5, 0.6) is 0 Å². The van der Waals surface area contributed by atoms with Crippen molar-refractivity contribution in [2.75, 3.05) is 13.2 Å². The summed E-state index contributed by atoms with van der Waals surface area (Å²) >= 11 is 0. The quantitative estimate of drug-likeness (QED) is 0.536. The van der Waals surface area contributed by atoms with Gasteiger partial charge in [-0.3, -0.25) is 0 Å². The van der Waals surface area contributed by atoms with Crippen molar-refractivity contribution < 1.29 is 23.8 Å². The molecule has 0 aromatic carbocycles. The molecule has 0 saturated carbocycles. The van der Waals surface area contributed by atoms with Gasteiger partial charge in [-0.15, -0.1) is 0 Å². The Morgan fingerprint density at radius 2 is 2.24 bits per heavy atom. The summed E-state index contributed by atoms with van der Waals surface area (Å²) in [7, 11) is 0. The number of rotatable bonds is 5. The molecule has 1 aliphatic rings. The molecule has 5 heteroatoms. The van der Waals surface area contributed by atoms with Crippen molar-refractivity contribution in [1.82, 2.24) is 0 Å². The molecule has 0 saturated heterocycles. The van der Waals surface area contributed by atoms with Crippen molar-refractivity contribution in [3.8, 4) is 0 Å². The Kier molecular flexibility index (Phi) is 3.93. The van der Waals surface area contributed by atoms with E-state index in [-0.39, 0.29) is 19.0 Å². The first-order valence-corrected chi connectivity index (χ1v) is 5.29. The smallest absolute Gasteiger partial charge is 0.374 e. The van der Waals surface area contributed by atoms with Gasteiger partial charge in [0, 0.05) is 6.08 Å². The maximum Gasteiger partial charge on any atom is 0.374 e. The molecule has 0 amide bonds. The summed E-state index contributed by atoms with van der Waals surface area (Å²) < 4.78 is 14.9. The molecule has 17 heavy (non-hydrogen) atoms. The van der Waals surface area contributed by atoms with Crippen LogP contribution in [0.3, 0.4) is 0 Å². The molecular formula is C12H16O5. The van der Waals surface area contributed by atoms with Gasteiger partial charge >= 0.3 is 11.9 Å². The Labute approximate surface area is 100 Å². The van der Waals surface area contributed by atoms with Crippen molar-refractivity contribution in [3.05, 3.63) is 24.0 Å². The molecule has 1 atom stereocenters. The molecule has 0 N–H and O–H groups in total. The molecule has 1 heterocycles. The highest BCUT2D eigenvalue weighted by atomic mass is 16.6. The van der Waals surface area contributed by atoms with Crippen molar-refractivity contribution >= 4 is 11.9 Å². The zero-order chi connectivity index (χ0) is 13.1. The highest BCUT2D eigenvalue weighted by molar-refractivity contribution is 5.96. The van der Waals surface area contributed by atoms with E-state index in [1.807, 2.05) is 0 Å². The van der Waals surface area contributed by atoms with Crippen LogP contribution in [0.15, 0.2) is 24.0 Å². The Morgan fingerprint density at radius 3 is 2.76 bits per heavy atom. The van der Waals surface area contributed by atoms with Gasteiger partial charge in [0.15, 0.2) is 0 Å². The van der Waals surface area contributed by atoms with Crippen LogP contribution in [0.2, 0.25) is 0 Å². The fraction of sp³-hybridized carbons (Fsp3) is 0.500. The van der Waals surface area contributed by atoms with E-state index in [1.54, 1.807) is 13.8 Å². The Bertz CT molecular complexity index is 382. The number of cyclic esters (lactones) is 1. The lowest BCUT2D eigenvalue weighted by atomic mass is 10.1. The Balaban J connectivity index is 2.76. The molecule has 0 spiro atoms. The van der Waals surface area contributed by atoms with E-state index in [9.17, 15) is 9.59 Å². The van der Waals surface area contributed by atoms with E-state index in [2.05, 4.69) is 6.58 Å². The second-order valence-electron chi connectivity index (χ2n) is 3.97. The minimum Gasteiger partial charge on any atom is -0.482 e. The predicted octanol–water partition coefficient (Wildman–Crippen LogP) is 1.34. The molecule has 1 aliphatic heterocycles. The Morgan fingerprint density at radius 1 is 1.59 bits per heavy atom. The van der Waals surface area contributed by atoms with Gasteiger partial charge in [0.05, 0.1) is 6.61 Å². The average Bonchev–Trinajstić information content (AvgIpc) is 2.53. The predicted molar refractivity (Wildman–Crippen MR) is 60.0 cm³/mol. The van der Waals surface area contributed by atoms with Crippen LogP contribution in [-0.2, 0) is 23.8 Å². The average molecular weight is 240 g/mol. The highest BCUT2D eigenvalue weighted by Crippen LogP contribution is 2.26. The number of carbonyl (C=O) groups excluding carboxylic acids is 2. The molecule has 0 aromatic heterocycles. The van der Waals surface area contributed by atoms with Gasteiger partial charge in [-0.05, 0) is 26.3 Å². The third kappa shape index (κ3) is 3.09. The van der Waals surface area contributed by atoms with Crippen molar-refractivity contribution in [2.45, 2.75) is 26.4 Å². The lowest BCUT2D eigenvalue weighted by molar-refractivity contribution is -0.170. The molecule has 0 fully saturated rings. The van der Waals surface area contributed by atoms with Crippen LogP contribution in [0.25, 0.3) is 0 Å². The maximum atomic E-state index is 11.6. The van der Waals surface area contributed by atoms with Gasteiger partial charge in [-0.25, -0.2) is 9.59 Å². The maximum absolute atomic E-state index is 11.6. The molecule has 94 valence electrons. The van der Waals surface area contributed by atoms with Gasteiger partial charge in [-0.1, -0.05) is 6.58 Å². The van der Waals surface area contributed by atoms with E-state index >= 15 is 0 Å². The SMILES string of the molecule is C=C(C)COC1=CC(C)(C(=O)OCC)OC1=O. The first kappa shape index (κ1) is 13.3. The minimum absolute atomic E-state index is 0.0172. The normalized spacial score (nSPS) is 22.8. The number of carbonyl (C=O) groups is 2. The van der Waals surface area contributed by atoms with E-state index < -0.39 is 17.5 Å². The monoisotopic (exact) mass is 240 g/mol. The lowest BCUT2D eigenvalue weighted by Crippen LogP contribution is -2.36. The summed E-state index contributed by atoms with van der Waals surface area (Å²) in [5.41, 5.74) is -0.624. The zero-order valence-electron chi connectivity index (χ0n) is 10.2. The van der Waals surface area contributed by atoms with Gasteiger partial charge in [0.2, 0.25) is 11.4 Å². The minimum atomic E-state index is -1.39. The molecule has 1 rings (SSSR count). The van der Waals surface area contributed by atoms with Gasteiger partial charge in [-0.2, -0.15) is 0 Å². The second kappa shape index (κ2) is 5.03. The van der Waals surface area contributed by atoms with Crippen LogP contribution in [0.4, 0.5) is 0 Å². The second-order valence-corrected chi connectivity index (χ2v) is 3.97. The summed E-state index contributed by atoms with van der Waals surface area (Å²) in [4.78, 5) is 23.0. The topological polar surface area (TPSA) is 61.8 Å². The van der Waals surface area contributed by atoms with Crippen LogP contribution in [-0.4, -0.2) is 30.8 Å². The lowest BCUT2D eigenvalue weighted by Gasteiger charge is -2.17. The fourth-order valence-electron chi connectivity index (χ4n) is 1.26. The molecule has 0 bridgehead atoms. The van der Waals surface area contributed by atoms with Crippen molar-refractivity contribution in [3.63, 3.8) is 0 Å². The van der Waals surface area contributed by atoms with Gasteiger partial charge < -0.3 is 14.2 Å². The van der Waals surface area contributed by atoms with Gasteiger partial charge in [0.1, 0.15) is 6.61 Å². The number of hydrogen-bond donors (Lipinski definition) is 0. The van der Waals surface area contributed by atoms with Crippen molar-refractivity contribution in [1.29, 1.82) is 0 Å². The number of ether oxygens (including phenoxy) is 3. The van der Waals surface area contributed by atoms with Crippen LogP contribution in [0.1, 0.15) is 20.8 Å². The van der Waals surface area contributed by atoms with E-state index in [0.29, 0.717) is 0 Å². The molecule has 0 aliphatic carbocycles. The summed E-state index contributed by atoms with van der Waals surface area (Å²) in [5, 5.41) is 0. The summed E-state index contributed by atoms with van der Waals surface area (Å²) in [6.45, 7) is 8.99. The summed E-state index contributed by atoms with van der Waals surface area (Å²) in [6.07, 6.45) is 1.33. The first-order chi connectivity index (χ1) is 7.89. The molecule has 0 radical (unpaired) electrons. The first-order valence-electron chi connectivity index (χ1n) is 5.29. The van der Waals surface area contributed by atoms with E-state index in [1.165, 1.54) is 13.0 Å². The molecular weight excluding hydrogens is 224 g/mol. The summed E-state index contributed by atoms with van der Waals surface area (Å²) in [5.74, 6) is -1.26. The van der Waals surface area contributed by atoms with E-state index in [4.69, 9.17) is 14.2 Å². The zero-order valence-corrected chi connectivity index (χ0v) is 10.2. The largest absolute Gasteiger partial charge is 0.482 e. The van der Waals surface area contributed by atoms with Crippen LogP contribution in [0, 0.1) is 0 Å². The third-order valence-electron chi connectivity index (χ3n) is 2.07. The Hall–Kier alpha value is -1.78. The number of esters is 2. The highest BCUT2D eigenvalue weighted by Gasteiger charge is 2.44. The molecule has 1 unspecified atom stereocenters. The van der Waals surface area contributed by atoms with Crippen LogP contribution >= 0.6 is 0 Å².